The lowest BCUT2D eigenvalue weighted by Crippen LogP contribution is -2.02. The quantitative estimate of drug-likeness (QED) is 0.612. The summed E-state index contributed by atoms with van der Waals surface area (Å²) in [6.07, 6.45) is 0. The largest absolute Gasteiger partial charge is 0.478 e. The summed E-state index contributed by atoms with van der Waals surface area (Å²) in [6, 6.07) is 8.47. The molecule has 0 spiro atoms. The van der Waals surface area contributed by atoms with Crippen LogP contribution in [0.15, 0.2) is 40.9 Å². The highest BCUT2D eigenvalue weighted by molar-refractivity contribution is 9.10. The zero-order valence-corrected chi connectivity index (χ0v) is 12.7. The van der Waals surface area contributed by atoms with Crippen LogP contribution in [-0.2, 0) is 0 Å². The van der Waals surface area contributed by atoms with Crippen LogP contribution in [0.1, 0.15) is 10.4 Å². The molecule has 0 amide bonds. The monoisotopic (exact) mass is 370 g/mol. The Hall–Kier alpha value is -2.12. The first-order chi connectivity index (χ1) is 9.88. The van der Waals surface area contributed by atoms with Crippen molar-refractivity contribution >= 4 is 50.6 Å². The van der Waals surface area contributed by atoms with Crippen molar-refractivity contribution in [3.05, 3.63) is 61.6 Å². The number of carboxylic acids is 1. The van der Waals surface area contributed by atoms with Gasteiger partial charge in [-0.25, -0.2) is 4.79 Å². The van der Waals surface area contributed by atoms with Crippen molar-refractivity contribution in [2.24, 2.45) is 0 Å². The number of anilines is 2. The maximum atomic E-state index is 11.0. The van der Waals surface area contributed by atoms with Crippen molar-refractivity contribution in [2.75, 3.05) is 5.32 Å². The summed E-state index contributed by atoms with van der Waals surface area (Å²) in [6.45, 7) is 0. The maximum Gasteiger partial charge on any atom is 0.335 e. The summed E-state index contributed by atoms with van der Waals surface area (Å²) in [5.41, 5.74) is 0.182. The molecule has 2 N–H and O–H groups in total. The average molecular weight is 372 g/mol. The average Bonchev–Trinajstić information content (AvgIpc) is 2.42. The van der Waals surface area contributed by atoms with E-state index in [2.05, 4.69) is 21.2 Å². The molecule has 0 atom stereocenters. The molecule has 0 aliphatic carbocycles. The van der Waals surface area contributed by atoms with Crippen molar-refractivity contribution in [2.45, 2.75) is 0 Å². The molecule has 108 valence electrons. The predicted molar refractivity (Wildman–Crippen MR) is 82.5 cm³/mol. The zero-order chi connectivity index (χ0) is 15.6. The molecule has 2 rings (SSSR count). The summed E-state index contributed by atoms with van der Waals surface area (Å²) in [5.74, 6) is -1.17. The Morgan fingerprint density at radius 2 is 1.95 bits per heavy atom. The molecule has 0 radical (unpaired) electrons. The first-order valence-electron chi connectivity index (χ1n) is 5.62. The topological polar surface area (TPSA) is 92.5 Å². The Kier molecular flexibility index (Phi) is 4.44. The van der Waals surface area contributed by atoms with Crippen molar-refractivity contribution in [3.63, 3.8) is 0 Å². The van der Waals surface area contributed by atoms with Crippen LogP contribution in [0.2, 0.25) is 5.02 Å². The number of carbonyl (C=O) groups is 1. The number of aromatic carboxylic acids is 1. The number of benzene rings is 2. The zero-order valence-electron chi connectivity index (χ0n) is 10.3. The maximum absolute atomic E-state index is 11.0. The summed E-state index contributed by atoms with van der Waals surface area (Å²) >= 11 is 9.28. The van der Waals surface area contributed by atoms with Gasteiger partial charge in [-0.15, -0.1) is 0 Å². The van der Waals surface area contributed by atoms with Crippen LogP contribution in [0.3, 0.4) is 0 Å². The van der Waals surface area contributed by atoms with Crippen LogP contribution in [0.5, 0.6) is 0 Å². The van der Waals surface area contributed by atoms with E-state index >= 15 is 0 Å². The number of nitro benzene ring substituents is 1. The van der Waals surface area contributed by atoms with Gasteiger partial charge in [0.05, 0.1) is 21.2 Å². The fourth-order valence-electron chi connectivity index (χ4n) is 1.67. The van der Waals surface area contributed by atoms with Gasteiger partial charge in [0.1, 0.15) is 5.69 Å². The molecule has 0 aliphatic heterocycles. The van der Waals surface area contributed by atoms with Gasteiger partial charge >= 0.3 is 5.97 Å². The minimum atomic E-state index is -1.17. The Balaban J connectivity index is 2.50. The number of hydrogen-bond acceptors (Lipinski definition) is 4. The highest BCUT2D eigenvalue weighted by Gasteiger charge is 2.17. The highest BCUT2D eigenvalue weighted by atomic mass is 79.9. The van der Waals surface area contributed by atoms with Gasteiger partial charge in [0, 0.05) is 10.5 Å². The fraction of sp³-hybridized carbons (Fsp3) is 0. The van der Waals surface area contributed by atoms with Crippen molar-refractivity contribution in [1.82, 2.24) is 0 Å². The molecule has 0 unspecified atom stereocenters. The third-order valence-corrected chi connectivity index (χ3v) is 3.46. The van der Waals surface area contributed by atoms with E-state index in [1.54, 1.807) is 18.2 Å². The van der Waals surface area contributed by atoms with Gasteiger partial charge in [-0.3, -0.25) is 10.1 Å². The molecule has 0 fully saturated rings. The second-order valence-electron chi connectivity index (χ2n) is 4.04. The first kappa shape index (κ1) is 15.3. The van der Waals surface area contributed by atoms with Gasteiger partial charge in [-0.2, -0.15) is 0 Å². The smallest absolute Gasteiger partial charge is 0.335 e. The standard InChI is InChI=1S/C13H8BrClN2O4/c14-8-2-3-9(15)10(6-8)16-11-5-7(13(18)19)1-4-12(11)17(20)21/h1-6,16H,(H,18,19). The lowest BCUT2D eigenvalue weighted by Gasteiger charge is -2.10. The van der Waals surface area contributed by atoms with E-state index < -0.39 is 10.9 Å². The number of rotatable bonds is 4. The molecule has 0 aliphatic rings. The Labute approximate surface area is 132 Å². The number of nitro groups is 1. The van der Waals surface area contributed by atoms with E-state index in [0.29, 0.717) is 10.7 Å². The van der Waals surface area contributed by atoms with E-state index in [0.717, 1.165) is 10.5 Å². The van der Waals surface area contributed by atoms with Gasteiger partial charge < -0.3 is 10.4 Å². The number of carboxylic acid groups (broad SMARTS) is 1. The minimum Gasteiger partial charge on any atom is -0.478 e. The van der Waals surface area contributed by atoms with Gasteiger partial charge in [-0.1, -0.05) is 27.5 Å². The van der Waals surface area contributed by atoms with E-state index in [4.69, 9.17) is 16.7 Å². The first-order valence-corrected chi connectivity index (χ1v) is 6.79. The van der Waals surface area contributed by atoms with Gasteiger partial charge in [0.25, 0.3) is 5.69 Å². The van der Waals surface area contributed by atoms with Crippen LogP contribution < -0.4 is 5.32 Å². The lowest BCUT2D eigenvalue weighted by atomic mass is 10.1. The normalized spacial score (nSPS) is 10.2. The van der Waals surface area contributed by atoms with Crippen LogP contribution >= 0.6 is 27.5 Å². The molecule has 2 aromatic carbocycles. The predicted octanol–water partition coefficient (Wildman–Crippen LogP) is 4.45. The van der Waals surface area contributed by atoms with Crippen LogP contribution in [-0.4, -0.2) is 16.0 Å². The van der Waals surface area contributed by atoms with E-state index in [1.165, 1.54) is 12.1 Å². The molecular weight excluding hydrogens is 364 g/mol. The molecule has 0 saturated carbocycles. The molecule has 2 aromatic rings. The van der Waals surface area contributed by atoms with E-state index in [9.17, 15) is 14.9 Å². The Bertz CT molecular complexity index is 736. The van der Waals surface area contributed by atoms with E-state index in [-0.39, 0.29) is 16.9 Å². The third kappa shape index (κ3) is 3.50. The molecule has 21 heavy (non-hydrogen) atoms. The van der Waals surface area contributed by atoms with Crippen molar-refractivity contribution < 1.29 is 14.8 Å². The van der Waals surface area contributed by atoms with Crippen molar-refractivity contribution in [3.8, 4) is 0 Å². The van der Waals surface area contributed by atoms with Crippen molar-refractivity contribution in [1.29, 1.82) is 0 Å². The third-order valence-electron chi connectivity index (χ3n) is 2.64. The van der Waals surface area contributed by atoms with Gasteiger partial charge in [0.2, 0.25) is 0 Å². The minimum absolute atomic E-state index is 0.0555. The summed E-state index contributed by atoms with van der Waals surface area (Å²) in [7, 11) is 0. The second-order valence-corrected chi connectivity index (χ2v) is 5.37. The molecule has 0 bridgehead atoms. The lowest BCUT2D eigenvalue weighted by molar-refractivity contribution is -0.383. The molecular formula is C13H8BrClN2O4. The SMILES string of the molecule is O=C(O)c1ccc([N+](=O)[O-])c(Nc2cc(Br)ccc2Cl)c1. The van der Waals surface area contributed by atoms with Crippen LogP contribution in [0.4, 0.5) is 17.1 Å². The van der Waals surface area contributed by atoms with Gasteiger partial charge in [0.15, 0.2) is 0 Å². The Morgan fingerprint density at radius 1 is 1.24 bits per heavy atom. The number of halogens is 2. The summed E-state index contributed by atoms with van der Waals surface area (Å²) in [5, 5.41) is 23.1. The molecule has 0 heterocycles. The number of nitrogens with one attached hydrogen (secondary N) is 1. The number of nitrogens with zero attached hydrogens (tertiary/aromatic N) is 1. The van der Waals surface area contributed by atoms with E-state index in [1.807, 2.05) is 0 Å². The second kappa shape index (κ2) is 6.11. The molecule has 8 heteroatoms. The Morgan fingerprint density at radius 3 is 2.57 bits per heavy atom. The van der Waals surface area contributed by atoms with Gasteiger partial charge in [-0.05, 0) is 30.3 Å². The van der Waals surface area contributed by atoms with Crippen LogP contribution in [0.25, 0.3) is 0 Å². The number of hydrogen-bond donors (Lipinski definition) is 2. The molecule has 0 saturated heterocycles. The fourth-order valence-corrected chi connectivity index (χ4v) is 2.19. The summed E-state index contributed by atoms with van der Waals surface area (Å²) in [4.78, 5) is 21.4. The molecule has 6 nitrogen and oxygen atoms in total. The molecule has 0 aromatic heterocycles. The highest BCUT2D eigenvalue weighted by Crippen LogP contribution is 2.33. The van der Waals surface area contributed by atoms with Crippen LogP contribution in [0, 0.1) is 10.1 Å². The summed E-state index contributed by atoms with van der Waals surface area (Å²) < 4.78 is 0.728.